The summed E-state index contributed by atoms with van der Waals surface area (Å²) in [6, 6.07) is 0. The Morgan fingerprint density at radius 1 is 0.688 bits per heavy atom. The van der Waals surface area contributed by atoms with E-state index < -0.39 is 11.8 Å². The third kappa shape index (κ3) is 2.46. The maximum Gasteiger partial charge on any atom is 1.00 e. The molecule has 16 heavy (non-hydrogen) atoms. The van der Waals surface area contributed by atoms with Crippen molar-refractivity contribution in [3.8, 4) is 0 Å². The van der Waals surface area contributed by atoms with Crippen molar-refractivity contribution >= 4 is 75.5 Å². The van der Waals surface area contributed by atoms with E-state index in [9.17, 15) is 9.59 Å². The smallest absolute Gasteiger partial charge is 0.587 e. The van der Waals surface area contributed by atoms with Gasteiger partial charge in [0.2, 0.25) is 0 Å². The van der Waals surface area contributed by atoms with Gasteiger partial charge in [0.25, 0.3) is 0 Å². The van der Waals surface area contributed by atoms with Gasteiger partial charge in [-0.3, -0.25) is 0 Å². The van der Waals surface area contributed by atoms with E-state index >= 15 is 0 Å². The fourth-order valence-electron chi connectivity index (χ4n) is 1.24. The van der Waals surface area contributed by atoms with Crippen LogP contribution in [0.2, 0.25) is 0 Å². The molecule has 78 valence electrons. The minimum atomic E-state index is -0.518. The Balaban J connectivity index is 0.00000128. The van der Waals surface area contributed by atoms with Crippen molar-refractivity contribution in [2.45, 2.75) is 0 Å². The normalized spacial score (nSPS) is 13.2. The van der Waals surface area contributed by atoms with E-state index in [4.69, 9.17) is 0 Å². The van der Waals surface area contributed by atoms with E-state index in [1.54, 1.807) is 0 Å². The van der Waals surface area contributed by atoms with Crippen LogP contribution in [0.15, 0.2) is 17.9 Å². The van der Waals surface area contributed by atoms with Crippen LogP contribution in [0.5, 0.6) is 0 Å². The Morgan fingerprint density at radius 2 is 1.00 bits per heavy atom. The molecular formula is C8Br4KNO2. The molecule has 1 heterocycles. The van der Waals surface area contributed by atoms with Gasteiger partial charge in [0, 0.05) is 29.0 Å². The molecule has 3 nitrogen and oxygen atoms in total. The van der Waals surface area contributed by atoms with Crippen molar-refractivity contribution in [2.75, 3.05) is 0 Å². The van der Waals surface area contributed by atoms with E-state index in [1.165, 1.54) is 0 Å². The van der Waals surface area contributed by atoms with Crippen LogP contribution >= 0.6 is 63.7 Å². The minimum Gasteiger partial charge on any atom is -0.587 e. The zero-order chi connectivity index (χ0) is 11.3. The molecule has 0 aromatic heterocycles. The first-order valence-corrected chi connectivity index (χ1v) is 6.78. The number of benzene rings is 1. The molecule has 0 saturated heterocycles. The summed E-state index contributed by atoms with van der Waals surface area (Å²) in [4.78, 5) is 22.9. The summed E-state index contributed by atoms with van der Waals surface area (Å²) in [6.07, 6.45) is 0. The maximum atomic E-state index is 11.4. The molecule has 2 amide bonds. The Kier molecular flexibility index (Phi) is 5.90. The Hall–Kier alpha value is 1.92. The Morgan fingerprint density at radius 3 is 1.31 bits per heavy atom. The van der Waals surface area contributed by atoms with Crippen LogP contribution in [0.25, 0.3) is 5.32 Å². The van der Waals surface area contributed by atoms with Crippen LogP contribution in [0.3, 0.4) is 0 Å². The van der Waals surface area contributed by atoms with Gasteiger partial charge in [0.15, 0.2) is 0 Å². The van der Waals surface area contributed by atoms with Crippen LogP contribution in [0.4, 0.5) is 0 Å². The van der Waals surface area contributed by atoms with Crippen LogP contribution in [0, 0.1) is 0 Å². The van der Waals surface area contributed by atoms with Gasteiger partial charge in [-0.25, -0.2) is 0 Å². The molecule has 1 aromatic rings. The average molecular weight is 501 g/mol. The molecule has 1 aromatic carbocycles. The number of carbonyl (C=O) groups excluding carboxylic acids is 2. The molecular weight excluding hydrogens is 501 g/mol. The molecule has 1 aliphatic rings. The second-order valence-electron chi connectivity index (χ2n) is 2.73. The summed E-state index contributed by atoms with van der Waals surface area (Å²) in [6.45, 7) is 0. The van der Waals surface area contributed by atoms with E-state index in [2.05, 4.69) is 69.0 Å². The summed E-state index contributed by atoms with van der Waals surface area (Å²) in [5.74, 6) is -1.04. The monoisotopic (exact) mass is 497 g/mol. The number of fused-ring (bicyclic) bond motifs is 1. The predicted octanol–water partition coefficient (Wildman–Crippen LogP) is 1.41. The Labute approximate surface area is 167 Å². The molecule has 1 aliphatic heterocycles. The van der Waals surface area contributed by atoms with Crippen molar-refractivity contribution < 1.29 is 61.0 Å². The number of hydrogen-bond acceptors (Lipinski definition) is 2. The second-order valence-corrected chi connectivity index (χ2v) is 5.90. The zero-order valence-electron chi connectivity index (χ0n) is 7.78. The minimum absolute atomic E-state index is 0. The standard InChI is InChI=1S/C8HBr4NO2.K/c9-3-1-2(8(15)13-7(1)14)4(10)6(12)5(3)11;/h(H,13,14,15);/q;+1/p-1. The maximum absolute atomic E-state index is 11.4. The largest absolute Gasteiger partial charge is 1.00 e. The average Bonchev–Trinajstić information content (AvgIpc) is 2.47. The number of hydrogen-bond donors (Lipinski definition) is 0. The van der Waals surface area contributed by atoms with Crippen molar-refractivity contribution in [3.63, 3.8) is 0 Å². The van der Waals surface area contributed by atoms with Gasteiger partial charge in [0.05, 0.1) is 11.8 Å². The summed E-state index contributed by atoms with van der Waals surface area (Å²) in [5, 5.41) is 3.38. The second kappa shape index (κ2) is 5.92. The van der Waals surface area contributed by atoms with E-state index in [1.807, 2.05) is 0 Å². The Bertz CT molecular complexity index is 472. The summed E-state index contributed by atoms with van der Waals surface area (Å²) >= 11 is 13.1. The van der Waals surface area contributed by atoms with Crippen molar-refractivity contribution in [3.05, 3.63) is 34.3 Å². The SMILES string of the molecule is O=C1[N-]C(=O)c2c(Br)c(Br)c(Br)c(Br)c21.[K+]. The van der Waals surface area contributed by atoms with Crippen molar-refractivity contribution in [2.24, 2.45) is 0 Å². The molecule has 0 spiro atoms. The van der Waals surface area contributed by atoms with Gasteiger partial charge in [-0.2, -0.15) is 0 Å². The number of amides is 2. The van der Waals surface area contributed by atoms with E-state index in [0.717, 1.165) is 0 Å². The first-order valence-electron chi connectivity index (χ1n) is 3.61. The molecule has 0 aliphatic carbocycles. The van der Waals surface area contributed by atoms with Crippen LogP contribution in [-0.2, 0) is 0 Å². The van der Waals surface area contributed by atoms with Crippen LogP contribution < -0.4 is 51.4 Å². The third-order valence-electron chi connectivity index (χ3n) is 1.90. The van der Waals surface area contributed by atoms with Crippen LogP contribution in [0.1, 0.15) is 20.7 Å². The van der Waals surface area contributed by atoms with Crippen LogP contribution in [-0.4, -0.2) is 11.8 Å². The molecule has 0 atom stereocenters. The van der Waals surface area contributed by atoms with Gasteiger partial charge in [0.1, 0.15) is 0 Å². The summed E-state index contributed by atoms with van der Waals surface area (Å²) in [7, 11) is 0. The molecule has 0 radical (unpaired) electrons. The molecule has 0 saturated carbocycles. The van der Waals surface area contributed by atoms with Gasteiger partial charge in [-0.1, -0.05) is 0 Å². The number of nitrogens with zero attached hydrogens (tertiary/aromatic N) is 1. The molecule has 2 rings (SSSR count). The fourth-order valence-corrected chi connectivity index (χ4v) is 3.69. The zero-order valence-corrected chi connectivity index (χ0v) is 17.2. The number of carbonyl (C=O) groups is 2. The predicted molar refractivity (Wildman–Crippen MR) is 69.3 cm³/mol. The molecule has 0 unspecified atom stereocenters. The first-order chi connectivity index (χ1) is 6.95. The fraction of sp³-hybridized carbons (Fsp3) is 0. The molecule has 0 bridgehead atoms. The van der Waals surface area contributed by atoms with E-state index in [0.29, 0.717) is 29.0 Å². The van der Waals surface area contributed by atoms with Gasteiger partial charge in [-0.05, 0) is 63.7 Å². The molecule has 0 N–H and O–H groups in total. The van der Waals surface area contributed by atoms with Crippen molar-refractivity contribution in [1.82, 2.24) is 0 Å². The topological polar surface area (TPSA) is 48.2 Å². The van der Waals surface area contributed by atoms with Gasteiger partial charge in [-0.15, -0.1) is 0 Å². The third-order valence-corrected chi connectivity index (χ3v) is 6.67. The number of rotatable bonds is 0. The quantitative estimate of drug-likeness (QED) is 0.234. The van der Waals surface area contributed by atoms with Crippen molar-refractivity contribution in [1.29, 1.82) is 0 Å². The summed E-state index contributed by atoms with van der Waals surface area (Å²) in [5.41, 5.74) is 0.587. The van der Waals surface area contributed by atoms with Gasteiger partial charge < -0.3 is 14.9 Å². The number of imide groups is 1. The number of halogens is 4. The molecule has 0 fully saturated rings. The summed E-state index contributed by atoms with van der Waals surface area (Å²) < 4.78 is 2.41. The van der Waals surface area contributed by atoms with Gasteiger partial charge >= 0.3 is 51.4 Å². The first kappa shape index (κ1) is 16.0. The van der Waals surface area contributed by atoms with E-state index in [-0.39, 0.29) is 51.4 Å². The molecule has 8 heteroatoms.